The normalized spacial score (nSPS) is 13.4. The summed E-state index contributed by atoms with van der Waals surface area (Å²) in [6.07, 6.45) is 9.57. The Labute approximate surface area is 323 Å². The van der Waals surface area contributed by atoms with Gasteiger partial charge in [-0.25, -0.2) is 9.97 Å². The lowest BCUT2D eigenvalue weighted by Gasteiger charge is -2.37. The molecule has 2 aromatic heterocycles. The van der Waals surface area contributed by atoms with Gasteiger partial charge in [0.1, 0.15) is 11.2 Å². The predicted molar refractivity (Wildman–Crippen MR) is 229 cm³/mol. The summed E-state index contributed by atoms with van der Waals surface area (Å²) in [7, 11) is 0. The van der Waals surface area contributed by atoms with Crippen LogP contribution in [0, 0.1) is 0 Å². The molecule has 1 aliphatic rings. The zero-order chi connectivity index (χ0) is 37.5. The van der Waals surface area contributed by atoms with Crippen molar-refractivity contribution in [1.82, 2.24) is 9.97 Å². The number of allylic oxidation sites excluding steroid dienone is 5. The summed E-state index contributed by atoms with van der Waals surface area (Å²) in [6.45, 7) is 10.5. The first-order valence-electron chi connectivity index (χ1n) is 19.2. The van der Waals surface area contributed by atoms with Crippen LogP contribution in [0.5, 0.6) is 0 Å². The number of benzene rings is 6. The van der Waals surface area contributed by atoms with Gasteiger partial charge in [-0.05, 0) is 94.1 Å². The van der Waals surface area contributed by atoms with Crippen LogP contribution >= 0.6 is 0 Å². The SMILES string of the molecule is C=C/C=C\C=C(/C)c1cc(-c2cccc(C3(c4ccccc4CC)c4ccccc4-c4ccccc43)c2CC)nc(-c2ccc3c(c2)oc2ccccc23)n1. The highest BCUT2D eigenvalue weighted by Crippen LogP contribution is 2.58. The summed E-state index contributed by atoms with van der Waals surface area (Å²) in [5.74, 6) is 0.658. The summed E-state index contributed by atoms with van der Waals surface area (Å²) >= 11 is 0. The molecule has 0 N–H and O–H groups in total. The van der Waals surface area contributed by atoms with Crippen molar-refractivity contribution in [1.29, 1.82) is 0 Å². The van der Waals surface area contributed by atoms with Gasteiger partial charge in [0.2, 0.25) is 0 Å². The van der Waals surface area contributed by atoms with Gasteiger partial charge in [-0.3, -0.25) is 0 Å². The monoisotopic (exact) mass is 710 g/mol. The van der Waals surface area contributed by atoms with Crippen molar-refractivity contribution in [3.8, 4) is 33.8 Å². The van der Waals surface area contributed by atoms with Crippen molar-refractivity contribution in [2.75, 3.05) is 0 Å². The van der Waals surface area contributed by atoms with E-state index in [1.807, 2.05) is 30.4 Å². The Hall–Kier alpha value is -6.58. The Morgan fingerprint density at radius 3 is 2.02 bits per heavy atom. The summed E-state index contributed by atoms with van der Waals surface area (Å²) in [6, 6.07) is 50.5. The molecular formula is C52H42N2O. The number of nitrogens with zero attached hydrogens (tertiary/aromatic N) is 2. The molecule has 8 aromatic rings. The van der Waals surface area contributed by atoms with E-state index >= 15 is 0 Å². The first-order chi connectivity index (χ1) is 27.1. The molecule has 3 nitrogen and oxygen atoms in total. The van der Waals surface area contributed by atoms with Crippen molar-refractivity contribution in [3.05, 3.63) is 209 Å². The van der Waals surface area contributed by atoms with Gasteiger partial charge in [0, 0.05) is 21.9 Å². The molecule has 0 spiro atoms. The minimum Gasteiger partial charge on any atom is -0.456 e. The van der Waals surface area contributed by atoms with Gasteiger partial charge < -0.3 is 4.42 Å². The Bertz CT molecular complexity index is 2790. The Morgan fingerprint density at radius 1 is 0.618 bits per heavy atom. The van der Waals surface area contributed by atoms with E-state index in [4.69, 9.17) is 14.4 Å². The molecule has 2 heterocycles. The lowest BCUT2D eigenvalue weighted by atomic mass is 9.64. The van der Waals surface area contributed by atoms with Crippen molar-refractivity contribution in [3.63, 3.8) is 0 Å². The van der Waals surface area contributed by atoms with Crippen molar-refractivity contribution < 1.29 is 4.42 Å². The van der Waals surface area contributed by atoms with Crippen LogP contribution in [-0.4, -0.2) is 9.97 Å². The fourth-order valence-corrected chi connectivity index (χ4v) is 8.86. The lowest BCUT2D eigenvalue weighted by molar-refractivity contribution is 0.669. The van der Waals surface area contributed by atoms with Crippen LogP contribution in [-0.2, 0) is 18.3 Å². The van der Waals surface area contributed by atoms with Gasteiger partial charge in [0.25, 0.3) is 0 Å². The van der Waals surface area contributed by atoms with E-state index in [9.17, 15) is 0 Å². The first kappa shape index (κ1) is 34.2. The molecule has 3 heteroatoms. The van der Waals surface area contributed by atoms with Gasteiger partial charge >= 0.3 is 0 Å². The van der Waals surface area contributed by atoms with Crippen LogP contribution in [0.25, 0.3) is 61.3 Å². The van der Waals surface area contributed by atoms with Gasteiger partial charge in [-0.1, -0.05) is 160 Å². The molecule has 266 valence electrons. The van der Waals surface area contributed by atoms with Crippen LogP contribution in [0.3, 0.4) is 0 Å². The lowest BCUT2D eigenvalue weighted by Crippen LogP contribution is -2.31. The average Bonchev–Trinajstić information content (AvgIpc) is 3.76. The third-order valence-corrected chi connectivity index (χ3v) is 11.3. The minimum atomic E-state index is -0.516. The van der Waals surface area contributed by atoms with Crippen molar-refractivity contribution in [2.45, 2.75) is 39.0 Å². The second-order valence-corrected chi connectivity index (χ2v) is 14.3. The topological polar surface area (TPSA) is 38.9 Å². The Kier molecular flexibility index (Phi) is 8.71. The Balaban J connectivity index is 1.32. The summed E-state index contributed by atoms with van der Waals surface area (Å²) in [5, 5.41) is 2.18. The zero-order valence-electron chi connectivity index (χ0n) is 31.5. The van der Waals surface area contributed by atoms with E-state index in [1.54, 1.807) is 6.08 Å². The molecule has 6 aromatic carbocycles. The molecule has 55 heavy (non-hydrogen) atoms. The van der Waals surface area contributed by atoms with E-state index in [2.05, 4.69) is 155 Å². The fourth-order valence-electron chi connectivity index (χ4n) is 8.86. The van der Waals surface area contributed by atoms with E-state index in [1.165, 1.54) is 44.5 Å². The average molecular weight is 711 g/mol. The first-order valence-corrected chi connectivity index (χ1v) is 19.2. The second kappa shape index (κ2) is 14.0. The van der Waals surface area contributed by atoms with Crippen LogP contribution < -0.4 is 0 Å². The maximum Gasteiger partial charge on any atom is 0.160 e. The second-order valence-electron chi connectivity index (χ2n) is 14.3. The highest BCUT2D eigenvalue weighted by Gasteiger charge is 2.48. The molecule has 0 saturated heterocycles. The van der Waals surface area contributed by atoms with Crippen LogP contribution in [0.4, 0.5) is 0 Å². The van der Waals surface area contributed by atoms with E-state index in [-0.39, 0.29) is 0 Å². The number of fused-ring (bicyclic) bond motifs is 6. The summed E-state index contributed by atoms with van der Waals surface area (Å²) in [5.41, 5.74) is 16.5. The largest absolute Gasteiger partial charge is 0.456 e. The molecule has 0 radical (unpaired) electrons. The molecule has 0 amide bonds. The van der Waals surface area contributed by atoms with Crippen LogP contribution in [0.15, 0.2) is 175 Å². The number of rotatable bonds is 9. The molecule has 0 fully saturated rings. The molecular weight excluding hydrogens is 669 g/mol. The Morgan fingerprint density at radius 2 is 1.27 bits per heavy atom. The number of para-hydroxylation sites is 1. The van der Waals surface area contributed by atoms with Crippen molar-refractivity contribution >= 4 is 27.5 Å². The minimum absolute atomic E-state index is 0.516. The molecule has 0 saturated carbocycles. The number of aromatic nitrogens is 2. The molecule has 0 bridgehead atoms. The van der Waals surface area contributed by atoms with Crippen LogP contribution in [0.2, 0.25) is 0 Å². The third kappa shape index (κ3) is 5.50. The fraction of sp³-hybridized carbons (Fsp3) is 0.115. The van der Waals surface area contributed by atoms with E-state index in [0.29, 0.717) is 5.82 Å². The molecule has 0 unspecified atom stereocenters. The maximum atomic E-state index is 6.33. The van der Waals surface area contributed by atoms with Gasteiger partial charge in [-0.15, -0.1) is 0 Å². The predicted octanol–water partition coefficient (Wildman–Crippen LogP) is 13.3. The number of aryl methyl sites for hydroxylation is 1. The van der Waals surface area contributed by atoms with Crippen molar-refractivity contribution in [2.24, 2.45) is 0 Å². The van der Waals surface area contributed by atoms with E-state index in [0.717, 1.165) is 62.9 Å². The van der Waals surface area contributed by atoms with Crippen LogP contribution in [0.1, 0.15) is 59.8 Å². The zero-order valence-corrected chi connectivity index (χ0v) is 31.5. The smallest absolute Gasteiger partial charge is 0.160 e. The standard InChI is InChI=1S/C52H42N2O/c1-5-8-9-19-34(4)47-33-48(54-51(53-47)36-30-31-42-41-23-13-17-29-49(41)55-50(42)32-36)40-24-18-28-44(37(40)7-3)52(43-25-14-10-20-35(43)6-2)45-26-15-11-21-38(45)39-22-12-16-27-46(39)52/h5,8-33H,1,6-7H2,2-4H3/b9-8-,34-19+. The number of furan rings is 1. The third-order valence-electron chi connectivity index (χ3n) is 11.3. The molecule has 0 atom stereocenters. The highest BCUT2D eigenvalue weighted by atomic mass is 16.3. The van der Waals surface area contributed by atoms with Gasteiger partial charge in [-0.2, -0.15) is 0 Å². The summed E-state index contributed by atoms with van der Waals surface area (Å²) in [4.78, 5) is 10.6. The summed E-state index contributed by atoms with van der Waals surface area (Å²) < 4.78 is 6.33. The van der Waals surface area contributed by atoms with Gasteiger partial charge in [0.05, 0.1) is 16.8 Å². The van der Waals surface area contributed by atoms with Gasteiger partial charge in [0.15, 0.2) is 5.82 Å². The van der Waals surface area contributed by atoms with E-state index < -0.39 is 5.41 Å². The highest BCUT2D eigenvalue weighted by molar-refractivity contribution is 6.05. The number of hydrogen-bond acceptors (Lipinski definition) is 3. The molecule has 1 aliphatic carbocycles. The molecule has 9 rings (SSSR count). The molecule has 0 aliphatic heterocycles. The quantitative estimate of drug-likeness (QED) is 0.140. The maximum absolute atomic E-state index is 6.33. The number of hydrogen-bond donors (Lipinski definition) is 0.